The molecule has 2 atom stereocenters. The third-order valence-corrected chi connectivity index (χ3v) is 2.14. The van der Waals surface area contributed by atoms with Crippen molar-refractivity contribution in [3.05, 3.63) is 17.5 Å². The lowest BCUT2D eigenvalue weighted by molar-refractivity contribution is 0.162. The lowest BCUT2D eigenvalue weighted by atomic mass is 10.1. The van der Waals surface area contributed by atoms with E-state index in [0.29, 0.717) is 0 Å². The van der Waals surface area contributed by atoms with E-state index in [1.165, 1.54) is 0 Å². The molecule has 1 aromatic heterocycles. The van der Waals surface area contributed by atoms with Crippen LogP contribution in [0.3, 0.4) is 0 Å². The summed E-state index contributed by atoms with van der Waals surface area (Å²) in [7, 11) is 0. The Labute approximate surface area is 79.4 Å². The second-order valence-electron chi connectivity index (χ2n) is 3.81. The number of aryl methyl sites for hydroxylation is 2. The van der Waals surface area contributed by atoms with Crippen LogP contribution in [-0.4, -0.2) is 21.0 Å². The Morgan fingerprint density at radius 2 is 2.08 bits per heavy atom. The van der Waals surface area contributed by atoms with Crippen LogP contribution in [0.5, 0.6) is 0 Å². The maximum atomic E-state index is 9.24. The highest BCUT2D eigenvalue weighted by Crippen LogP contribution is 2.15. The quantitative estimate of drug-likeness (QED) is 0.774. The van der Waals surface area contributed by atoms with Crippen LogP contribution in [0.25, 0.3) is 0 Å². The number of nitrogens with zero attached hydrogens (tertiary/aromatic N) is 2. The summed E-state index contributed by atoms with van der Waals surface area (Å²) < 4.78 is 1.97. The van der Waals surface area contributed by atoms with Gasteiger partial charge in [-0.05, 0) is 40.2 Å². The van der Waals surface area contributed by atoms with Crippen molar-refractivity contribution < 1.29 is 5.11 Å². The summed E-state index contributed by atoms with van der Waals surface area (Å²) in [4.78, 5) is 0. The molecule has 0 fully saturated rings. The zero-order valence-electron chi connectivity index (χ0n) is 8.78. The first-order valence-electron chi connectivity index (χ1n) is 4.71. The van der Waals surface area contributed by atoms with Gasteiger partial charge in [-0.1, -0.05) is 0 Å². The zero-order valence-corrected chi connectivity index (χ0v) is 8.78. The molecule has 1 aromatic rings. The van der Waals surface area contributed by atoms with Crippen LogP contribution >= 0.6 is 0 Å². The molecule has 2 unspecified atom stereocenters. The third kappa shape index (κ3) is 2.56. The van der Waals surface area contributed by atoms with Gasteiger partial charge in [-0.2, -0.15) is 5.10 Å². The molecule has 0 aliphatic rings. The smallest absolute Gasteiger partial charge is 0.0596 e. The second kappa shape index (κ2) is 3.92. The van der Waals surface area contributed by atoms with Crippen molar-refractivity contribution in [2.45, 2.75) is 46.3 Å². The molecule has 0 amide bonds. The van der Waals surface area contributed by atoms with E-state index in [-0.39, 0.29) is 12.1 Å². The molecular formula is C10H18N2O. The maximum absolute atomic E-state index is 9.24. The van der Waals surface area contributed by atoms with Crippen LogP contribution < -0.4 is 0 Å². The molecule has 0 radical (unpaired) electrons. The molecular weight excluding hydrogens is 164 g/mol. The first-order valence-corrected chi connectivity index (χ1v) is 4.71. The van der Waals surface area contributed by atoms with Gasteiger partial charge < -0.3 is 5.11 Å². The minimum absolute atomic E-state index is 0.265. The van der Waals surface area contributed by atoms with Crippen LogP contribution in [0.2, 0.25) is 0 Å². The molecule has 1 N–H and O–H groups in total. The number of hydrogen-bond acceptors (Lipinski definition) is 2. The van der Waals surface area contributed by atoms with Crippen molar-refractivity contribution >= 4 is 0 Å². The number of rotatable bonds is 3. The van der Waals surface area contributed by atoms with Crippen LogP contribution in [0, 0.1) is 13.8 Å². The van der Waals surface area contributed by atoms with E-state index in [1.54, 1.807) is 0 Å². The standard InChI is InChI=1S/C10H18N2O/c1-7-5-8(2)12(11-7)9(3)6-10(4)13/h5,9-10,13H,6H2,1-4H3. The first kappa shape index (κ1) is 10.3. The first-order chi connectivity index (χ1) is 6.00. The average Bonchev–Trinajstić information content (AvgIpc) is 2.28. The predicted molar refractivity (Wildman–Crippen MR) is 52.7 cm³/mol. The molecule has 1 rings (SSSR count). The van der Waals surface area contributed by atoms with Gasteiger partial charge in [0.05, 0.1) is 17.8 Å². The maximum Gasteiger partial charge on any atom is 0.0596 e. The van der Waals surface area contributed by atoms with E-state index in [0.717, 1.165) is 17.8 Å². The number of aliphatic hydroxyl groups is 1. The fourth-order valence-electron chi connectivity index (χ4n) is 1.69. The summed E-state index contributed by atoms with van der Waals surface area (Å²) in [6.07, 6.45) is 0.487. The predicted octanol–water partition coefficient (Wildman–Crippen LogP) is 1.83. The van der Waals surface area contributed by atoms with E-state index in [4.69, 9.17) is 0 Å². The summed E-state index contributed by atoms with van der Waals surface area (Å²) in [6, 6.07) is 2.33. The van der Waals surface area contributed by atoms with E-state index in [9.17, 15) is 5.11 Å². The van der Waals surface area contributed by atoms with Gasteiger partial charge in [0, 0.05) is 5.69 Å². The number of hydrogen-bond donors (Lipinski definition) is 1. The monoisotopic (exact) mass is 182 g/mol. The minimum atomic E-state index is -0.265. The Hall–Kier alpha value is -0.830. The number of aromatic nitrogens is 2. The second-order valence-corrected chi connectivity index (χ2v) is 3.81. The van der Waals surface area contributed by atoms with Gasteiger partial charge in [-0.25, -0.2) is 0 Å². The van der Waals surface area contributed by atoms with Crippen molar-refractivity contribution in [1.82, 2.24) is 9.78 Å². The molecule has 0 aromatic carbocycles. The Bertz CT molecular complexity index is 278. The summed E-state index contributed by atoms with van der Waals surface area (Å²) >= 11 is 0. The molecule has 1 heterocycles. The Morgan fingerprint density at radius 3 is 2.46 bits per heavy atom. The van der Waals surface area contributed by atoms with E-state index < -0.39 is 0 Å². The SMILES string of the molecule is Cc1cc(C)n(C(C)CC(C)O)n1. The molecule has 0 saturated heterocycles. The third-order valence-electron chi connectivity index (χ3n) is 2.14. The van der Waals surface area contributed by atoms with Crippen molar-refractivity contribution in [2.24, 2.45) is 0 Å². The molecule has 0 aliphatic carbocycles. The Kier molecular flexibility index (Phi) is 3.09. The molecule has 0 bridgehead atoms. The van der Waals surface area contributed by atoms with Crippen LogP contribution in [0.4, 0.5) is 0 Å². The fourth-order valence-corrected chi connectivity index (χ4v) is 1.69. The fraction of sp³-hybridized carbons (Fsp3) is 0.700. The molecule has 13 heavy (non-hydrogen) atoms. The Morgan fingerprint density at radius 1 is 1.46 bits per heavy atom. The van der Waals surface area contributed by atoms with Crippen LogP contribution in [0.1, 0.15) is 37.7 Å². The van der Waals surface area contributed by atoms with Gasteiger partial charge in [-0.3, -0.25) is 4.68 Å². The van der Waals surface area contributed by atoms with Crippen LogP contribution in [-0.2, 0) is 0 Å². The molecule has 0 spiro atoms. The van der Waals surface area contributed by atoms with Crippen molar-refractivity contribution in [3.8, 4) is 0 Å². The highest BCUT2D eigenvalue weighted by molar-refractivity contribution is 5.07. The number of aliphatic hydroxyl groups excluding tert-OH is 1. The van der Waals surface area contributed by atoms with Gasteiger partial charge in [-0.15, -0.1) is 0 Å². The van der Waals surface area contributed by atoms with Gasteiger partial charge in [0.2, 0.25) is 0 Å². The average molecular weight is 182 g/mol. The summed E-state index contributed by atoms with van der Waals surface area (Å²) in [5, 5.41) is 13.6. The molecule has 3 nitrogen and oxygen atoms in total. The van der Waals surface area contributed by atoms with Crippen molar-refractivity contribution in [1.29, 1.82) is 0 Å². The lowest BCUT2D eigenvalue weighted by Crippen LogP contribution is -2.14. The van der Waals surface area contributed by atoms with Gasteiger partial charge >= 0.3 is 0 Å². The van der Waals surface area contributed by atoms with Crippen molar-refractivity contribution in [3.63, 3.8) is 0 Å². The molecule has 0 saturated carbocycles. The summed E-state index contributed by atoms with van der Waals surface area (Å²) in [5.41, 5.74) is 2.19. The largest absolute Gasteiger partial charge is 0.393 e. The lowest BCUT2D eigenvalue weighted by Gasteiger charge is -2.15. The topological polar surface area (TPSA) is 38.0 Å². The Balaban J connectivity index is 2.76. The van der Waals surface area contributed by atoms with E-state index in [1.807, 2.05) is 25.5 Å². The highest BCUT2D eigenvalue weighted by Gasteiger charge is 2.11. The van der Waals surface area contributed by atoms with Crippen LogP contribution in [0.15, 0.2) is 6.07 Å². The van der Waals surface area contributed by atoms with Gasteiger partial charge in [0.25, 0.3) is 0 Å². The molecule has 74 valence electrons. The summed E-state index contributed by atoms with van der Waals surface area (Å²) in [6.45, 7) is 7.91. The minimum Gasteiger partial charge on any atom is -0.393 e. The van der Waals surface area contributed by atoms with Crippen molar-refractivity contribution in [2.75, 3.05) is 0 Å². The summed E-state index contributed by atoms with van der Waals surface area (Å²) in [5.74, 6) is 0. The molecule has 0 aliphatic heterocycles. The van der Waals surface area contributed by atoms with E-state index in [2.05, 4.69) is 18.1 Å². The van der Waals surface area contributed by atoms with Gasteiger partial charge in [0.15, 0.2) is 0 Å². The highest BCUT2D eigenvalue weighted by atomic mass is 16.3. The van der Waals surface area contributed by atoms with Gasteiger partial charge in [0.1, 0.15) is 0 Å². The zero-order chi connectivity index (χ0) is 10.0. The normalized spacial score (nSPS) is 15.8. The van der Waals surface area contributed by atoms with E-state index >= 15 is 0 Å². The molecule has 3 heteroatoms.